The van der Waals surface area contributed by atoms with Crippen LogP contribution >= 0.6 is 0 Å². The molecule has 3 N–H and O–H groups in total. The maximum Gasteiger partial charge on any atom is 0.283 e. The molecule has 1 aliphatic carbocycles. The fourth-order valence-electron chi connectivity index (χ4n) is 4.76. The van der Waals surface area contributed by atoms with E-state index in [4.69, 9.17) is 4.74 Å². The molecule has 1 atom stereocenters. The molecular weight excluding hydrogens is 362 g/mol. The first-order valence-corrected chi connectivity index (χ1v) is 11.0. The quantitative estimate of drug-likeness (QED) is 0.643. The number of carbonyl (C=O) groups excluding carboxylic acids is 1. The van der Waals surface area contributed by atoms with E-state index in [0.29, 0.717) is 6.04 Å². The van der Waals surface area contributed by atoms with Gasteiger partial charge in [-0.3, -0.25) is 4.79 Å². The van der Waals surface area contributed by atoms with Gasteiger partial charge < -0.3 is 19.9 Å². The van der Waals surface area contributed by atoms with Gasteiger partial charge in [0, 0.05) is 23.6 Å². The summed E-state index contributed by atoms with van der Waals surface area (Å²) in [5, 5.41) is 3.25. The van der Waals surface area contributed by atoms with Crippen LogP contribution in [0.3, 0.4) is 0 Å². The highest BCUT2D eigenvalue weighted by molar-refractivity contribution is 5.82. The van der Waals surface area contributed by atoms with Crippen LogP contribution in [0.4, 0.5) is 0 Å². The molecule has 1 saturated carbocycles. The summed E-state index contributed by atoms with van der Waals surface area (Å²) < 4.78 is 5.63. The molecule has 2 aromatic rings. The monoisotopic (exact) mass is 393 g/mol. The van der Waals surface area contributed by atoms with Crippen molar-refractivity contribution >= 4 is 5.91 Å². The first kappa shape index (κ1) is 18.6. The van der Waals surface area contributed by atoms with Crippen LogP contribution < -0.4 is 19.9 Å². The molecule has 0 aromatic heterocycles. The van der Waals surface area contributed by atoms with E-state index in [0.717, 1.165) is 69.9 Å². The number of amides is 1. The zero-order valence-corrected chi connectivity index (χ0v) is 17.0. The van der Waals surface area contributed by atoms with Crippen molar-refractivity contribution in [2.45, 2.75) is 37.9 Å². The van der Waals surface area contributed by atoms with E-state index in [1.807, 2.05) is 18.2 Å². The van der Waals surface area contributed by atoms with Crippen LogP contribution in [0.15, 0.2) is 48.5 Å². The zero-order valence-electron chi connectivity index (χ0n) is 17.0. The average molecular weight is 394 g/mol. The zero-order chi connectivity index (χ0) is 19.6. The van der Waals surface area contributed by atoms with Crippen molar-refractivity contribution in [2.24, 2.45) is 0 Å². The number of hydrogen-bond donors (Lipinski definition) is 3. The Hall–Kier alpha value is -2.37. The molecule has 0 unspecified atom stereocenters. The summed E-state index contributed by atoms with van der Waals surface area (Å²) in [5.74, 6) is 1.26. The van der Waals surface area contributed by atoms with Crippen LogP contribution in [0.5, 0.6) is 5.75 Å². The molecule has 152 valence electrons. The molecule has 0 spiro atoms. The van der Waals surface area contributed by atoms with Gasteiger partial charge in [-0.05, 0) is 36.6 Å². The minimum absolute atomic E-state index is 0.0875. The number of hydrogen-bond acceptors (Lipinski definition) is 2. The topological polar surface area (TPSA) is 47.2 Å². The van der Waals surface area contributed by atoms with Gasteiger partial charge >= 0.3 is 0 Å². The van der Waals surface area contributed by atoms with Crippen LogP contribution in [-0.2, 0) is 17.8 Å². The van der Waals surface area contributed by atoms with Gasteiger partial charge in [-0.1, -0.05) is 30.3 Å². The lowest BCUT2D eigenvalue weighted by Gasteiger charge is -2.34. The molecule has 2 aliphatic heterocycles. The summed E-state index contributed by atoms with van der Waals surface area (Å²) in [5.41, 5.74) is 3.90. The van der Waals surface area contributed by atoms with Crippen molar-refractivity contribution in [1.29, 1.82) is 0 Å². The molecule has 2 heterocycles. The Morgan fingerprint density at radius 2 is 1.86 bits per heavy atom. The second-order valence-electron chi connectivity index (χ2n) is 8.75. The van der Waals surface area contributed by atoms with Crippen LogP contribution in [0.2, 0.25) is 0 Å². The van der Waals surface area contributed by atoms with Gasteiger partial charge in [0.25, 0.3) is 5.91 Å². The summed E-state index contributed by atoms with van der Waals surface area (Å²) in [6, 6.07) is 17.3. The highest BCUT2D eigenvalue weighted by Gasteiger charge is 2.37. The fourth-order valence-corrected chi connectivity index (χ4v) is 4.76. The molecule has 1 saturated heterocycles. The van der Waals surface area contributed by atoms with Gasteiger partial charge in [0.15, 0.2) is 6.04 Å². The van der Waals surface area contributed by atoms with Gasteiger partial charge in [-0.25, -0.2) is 0 Å². The molecule has 0 radical (unpaired) electrons. The van der Waals surface area contributed by atoms with Gasteiger partial charge in [0.05, 0.1) is 6.61 Å². The van der Waals surface area contributed by atoms with E-state index in [1.165, 1.54) is 16.0 Å². The molecule has 5 heteroatoms. The van der Waals surface area contributed by atoms with Crippen molar-refractivity contribution in [3.63, 3.8) is 0 Å². The van der Waals surface area contributed by atoms with Crippen LogP contribution in [0.25, 0.3) is 0 Å². The third kappa shape index (κ3) is 4.31. The van der Waals surface area contributed by atoms with Crippen LogP contribution in [0, 0.1) is 0 Å². The average Bonchev–Trinajstić information content (AvgIpc) is 3.43. The Kier molecular flexibility index (Phi) is 5.25. The third-order valence-electron chi connectivity index (χ3n) is 6.53. The van der Waals surface area contributed by atoms with Gasteiger partial charge in [-0.15, -0.1) is 0 Å². The smallest absolute Gasteiger partial charge is 0.283 e. The van der Waals surface area contributed by atoms with E-state index >= 15 is 0 Å². The second-order valence-corrected chi connectivity index (χ2v) is 8.75. The minimum Gasteiger partial charge on any atom is -0.493 e. The lowest BCUT2D eigenvalue weighted by Crippen LogP contribution is -3.28. The van der Waals surface area contributed by atoms with Crippen molar-refractivity contribution < 1.29 is 19.3 Å². The Balaban J connectivity index is 1.23. The molecule has 5 rings (SSSR count). The number of quaternary nitrogens is 2. The van der Waals surface area contributed by atoms with Crippen molar-refractivity contribution in [1.82, 2.24) is 5.32 Å². The lowest BCUT2D eigenvalue weighted by atomic mass is 10.0. The highest BCUT2D eigenvalue weighted by Crippen LogP contribution is 2.25. The van der Waals surface area contributed by atoms with E-state index < -0.39 is 0 Å². The SMILES string of the molecule is O=C(NC1CC1)[C@H](c1ccccc1)[NH+]1CC[NH+](Cc2ccc3c(c2)CCO3)CC1. The van der Waals surface area contributed by atoms with Gasteiger partial charge in [0.1, 0.15) is 38.5 Å². The molecule has 0 bridgehead atoms. The minimum atomic E-state index is -0.0875. The summed E-state index contributed by atoms with van der Waals surface area (Å²) in [7, 11) is 0. The number of benzene rings is 2. The fraction of sp³-hybridized carbons (Fsp3) is 0.458. The summed E-state index contributed by atoms with van der Waals surface area (Å²) in [6.07, 6.45) is 3.30. The lowest BCUT2D eigenvalue weighted by molar-refractivity contribution is -1.03. The number of piperazine rings is 1. The molecule has 3 aliphatic rings. The summed E-state index contributed by atoms with van der Waals surface area (Å²) in [4.78, 5) is 16.0. The first-order chi connectivity index (χ1) is 14.3. The number of carbonyl (C=O) groups is 1. The predicted octanol–water partition coefficient (Wildman–Crippen LogP) is -0.0752. The summed E-state index contributed by atoms with van der Waals surface area (Å²) >= 11 is 0. The first-order valence-electron chi connectivity index (χ1n) is 11.0. The normalized spacial score (nSPS) is 24.4. The molecular formula is C24H31N3O2+2. The van der Waals surface area contributed by atoms with E-state index in [2.05, 4.69) is 35.6 Å². The molecule has 29 heavy (non-hydrogen) atoms. The standard InChI is InChI=1S/C24H29N3O2/c28-24(25-21-7-8-21)23(19-4-2-1-3-5-19)27-13-11-26(12-14-27)17-18-6-9-22-20(16-18)10-15-29-22/h1-6,9,16,21,23H,7-8,10-15,17H2,(H,25,28)/p+2/t23-/m0/s1. The highest BCUT2D eigenvalue weighted by atomic mass is 16.5. The predicted molar refractivity (Wildman–Crippen MR) is 111 cm³/mol. The van der Waals surface area contributed by atoms with Crippen LogP contribution in [-0.4, -0.2) is 44.7 Å². The molecule has 1 amide bonds. The molecule has 2 aromatic carbocycles. The van der Waals surface area contributed by atoms with E-state index in [-0.39, 0.29) is 11.9 Å². The van der Waals surface area contributed by atoms with Crippen molar-refractivity contribution in [3.05, 3.63) is 65.2 Å². The number of ether oxygens (including phenoxy) is 1. The van der Waals surface area contributed by atoms with E-state index in [9.17, 15) is 4.79 Å². The molecule has 5 nitrogen and oxygen atoms in total. The van der Waals surface area contributed by atoms with Gasteiger partial charge in [-0.2, -0.15) is 0 Å². The van der Waals surface area contributed by atoms with Crippen molar-refractivity contribution in [2.75, 3.05) is 32.8 Å². The van der Waals surface area contributed by atoms with Crippen molar-refractivity contribution in [3.8, 4) is 5.75 Å². The Bertz CT molecular complexity index is 858. The van der Waals surface area contributed by atoms with E-state index in [1.54, 1.807) is 4.90 Å². The summed E-state index contributed by atoms with van der Waals surface area (Å²) in [6.45, 7) is 6.14. The third-order valence-corrected chi connectivity index (χ3v) is 6.53. The van der Waals surface area contributed by atoms with Crippen LogP contribution in [0.1, 0.15) is 35.6 Å². The van der Waals surface area contributed by atoms with Gasteiger partial charge in [0.2, 0.25) is 0 Å². The maximum atomic E-state index is 13.0. The number of fused-ring (bicyclic) bond motifs is 1. The Labute approximate surface area is 172 Å². The Morgan fingerprint density at radius 3 is 2.62 bits per heavy atom. The number of nitrogens with one attached hydrogen (secondary N) is 3. The number of rotatable bonds is 6. The largest absolute Gasteiger partial charge is 0.493 e. The molecule has 2 fully saturated rings. The second kappa shape index (κ2) is 8.17. The maximum absolute atomic E-state index is 13.0. The Morgan fingerprint density at radius 1 is 1.07 bits per heavy atom.